The van der Waals surface area contributed by atoms with E-state index in [9.17, 15) is 4.39 Å². The van der Waals surface area contributed by atoms with Gasteiger partial charge in [0.1, 0.15) is 5.82 Å². The van der Waals surface area contributed by atoms with Gasteiger partial charge in [-0.1, -0.05) is 12.1 Å². The first-order valence-electron chi connectivity index (χ1n) is 7.90. The van der Waals surface area contributed by atoms with Crippen LogP contribution in [-0.4, -0.2) is 21.4 Å². The largest absolute Gasteiger partial charge is 0.294 e. The van der Waals surface area contributed by atoms with Gasteiger partial charge in [0, 0.05) is 42.8 Å². The van der Waals surface area contributed by atoms with Gasteiger partial charge in [0.25, 0.3) is 0 Å². The molecule has 1 aliphatic heterocycles. The number of nitrogens with zero attached hydrogens (tertiary/aromatic N) is 3. The van der Waals surface area contributed by atoms with E-state index in [1.165, 1.54) is 17.7 Å². The smallest absolute Gasteiger partial charge is 0.159 e. The van der Waals surface area contributed by atoms with Crippen molar-refractivity contribution in [3.05, 3.63) is 70.8 Å². The molecule has 0 bridgehead atoms. The van der Waals surface area contributed by atoms with Crippen molar-refractivity contribution in [2.75, 3.05) is 6.54 Å². The van der Waals surface area contributed by atoms with E-state index in [2.05, 4.69) is 22.0 Å². The van der Waals surface area contributed by atoms with Crippen LogP contribution in [0.2, 0.25) is 0 Å². The van der Waals surface area contributed by atoms with Crippen molar-refractivity contribution in [1.29, 1.82) is 0 Å². The number of aryl methyl sites for hydroxylation is 1. The maximum atomic E-state index is 13.0. The minimum Gasteiger partial charge on any atom is -0.294 e. The molecule has 0 saturated carbocycles. The number of halogens is 1. The van der Waals surface area contributed by atoms with Crippen LogP contribution in [-0.2, 0) is 19.5 Å². The van der Waals surface area contributed by atoms with E-state index in [1.807, 2.05) is 25.1 Å². The lowest BCUT2D eigenvalue weighted by molar-refractivity contribution is 0.243. The Labute approximate surface area is 134 Å². The molecule has 23 heavy (non-hydrogen) atoms. The Hall–Kier alpha value is -2.33. The highest BCUT2D eigenvalue weighted by Crippen LogP contribution is 2.23. The molecule has 2 aromatic heterocycles. The molecule has 1 aromatic carbocycles. The highest BCUT2D eigenvalue weighted by atomic mass is 19.1. The van der Waals surface area contributed by atoms with Crippen LogP contribution in [0.3, 0.4) is 0 Å². The third-order valence-corrected chi connectivity index (χ3v) is 4.36. The van der Waals surface area contributed by atoms with Crippen molar-refractivity contribution in [1.82, 2.24) is 14.9 Å². The first kappa shape index (κ1) is 14.3. The van der Waals surface area contributed by atoms with Gasteiger partial charge in [0.15, 0.2) is 5.65 Å². The molecule has 4 rings (SSSR count). The van der Waals surface area contributed by atoms with Crippen molar-refractivity contribution in [2.45, 2.75) is 26.4 Å². The third-order valence-electron chi connectivity index (χ3n) is 4.36. The Kier molecular flexibility index (Phi) is 3.54. The number of fused-ring (bicyclic) bond motifs is 2. The van der Waals surface area contributed by atoms with Crippen LogP contribution in [0, 0.1) is 12.7 Å². The molecule has 0 saturated heterocycles. The van der Waals surface area contributed by atoms with Gasteiger partial charge in [-0.25, -0.2) is 14.4 Å². The molecule has 3 heterocycles. The number of pyridine rings is 2. The fourth-order valence-corrected chi connectivity index (χ4v) is 3.15. The maximum Gasteiger partial charge on any atom is 0.159 e. The Balaban J connectivity index is 1.58. The molecule has 4 heteroatoms. The molecule has 1 aliphatic rings. The van der Waals surface area contributed by atoms with Gasteiger partial charge in [0.2, 0.25) is 0 Å². The second-order valence-corrected chi connectivity index (χ2v) is 6.18. The van der Waals surface area contributed by atoms with E-state index in [0.717, 1.165) is 54.0 Å². The van der Waals surface area contributed by atoms with Crippen LogP contribution in [0.15, 0.2) is 42.5 Å². The molecule has 0 amide bonds. The molecule has 0 atom stereocenters. The predicted molar refractivity (Wildman–Crippen MR) is 88.5 cm³/mol. The van der Waals surface area contributed by atoms with E-state index in [-0.39, 0.29) is 5.82 Å². The Morgan fingerprint density at radius 2 is 1.91 bits per heavy atom. The average Bonchev–Trinajstić information content (AvgIpc) is 2.55. The SMILES string of the molecule is Cc1ccc2cc3c(nc2n1)CCN(Cc1ccc(F)cc1)C3. The molecule has 3 nitrogen and oxygen atoms in total. The zero-order valence-corrected chi connectivity index (χ0v) is 13.1. The standard InChI is InChI=1S/C19H18FN3/c1-13-2-5-15-10-16-12-23(9-8-18(16)22-19(15)21-13)11-14-3-6-17(20)7-4-14/h2-7,10H,8-9,11-12H2,1H3. The second-order valence-electron chi connectivity index (χ2n) is 6.18. The zero-order valence-electron chi connectivity index (χ0n) is 13.1. The van der Waals surface area contributed by atoms with Crippen molar-refractivity contribution in [3.8, 4) is 0 Å². The second kappa shape index (κ2) is 5.70. The van der Waals surface area contributed by atoms with Crippen molar-refractivity contribution in [2.24, 2.45) is 0 Å². The van der Waals surface area contributed by atoms with Gasteiger partial charge in [-0.15, -0.1) is 0 Å². The summed E-state index contributed by atoms with van der Waals surface area (Å²) in [6, 6.07) is 13.1. The highest BCUT2D eigenvalue weighted by Gasteiger charge is 2.18. The summed E-state index contributed by atoms with van der Waals surface area (Å²) in [5, 5.41) is 1.10. The molecule has 3 aromatic rings. The first-order valence-corrected chi connectivity index (χ1v) is 7.90. The monoisotopic (exact) mass is 307 g/mol. The summed E-state index contributed by atoms with van der Waals surface area (Å²) >= 11 is 0. The Morgan fingerprint density at radius 1 is 1.09 bits per heavy atom. The lowest BCUT2D eigenvalue weighted by Crippen LogP contribution is -2.30. The summed E-state index contributed by atoms with van der Waals surface area (Å²) < 4.78 is 13.0. The normalized spacial score (nSPS) is 14.9. The van der Waals surface area contributed by atoms with Gasteiger partial charge < -0.3 is 0 Å². The van der Waals surface area contributed by atoms with Crippen LogP contribution < -0.4 is 0 Å². The lowest BCUT2D eigenvalue weighted by atomic mass is 10.0. The van der Waals surface area contributed by atoms with E-state index < -0.39 is 0 Å². The molecule has 0 fully saturated rings. The van der Waals surface area contributed by atoms with Crippen molar-refractivity contribution >= 4 is 11.0 Å². The van der Waals surface area contributed by atoms with Gasteiger partial charge in [-0.05, 0) is 48.4 Å². The number of hydrogen-bond donors (Lipinski definition) is 0. The molecule has 0 aliphatic carbocycles. The van der Waals surface area contributed by atoms with Gasteiger partial charge in [0.05, 0.1) is 0 Å². The number of benzene rings is 1. The van der Waals surface area contributed by atoms with Gasteiger partial charge in [-0.2, -0.15) is 0 Å². The average molecular weight is 307 g/mol. The number of hydrogen-bond acceptors (Lipinski definition) is 3. The summed E-state index contributed by atoms with van der Waals surface area (Å²) in [4.78, 5) is 11.6. The highest BCUT2D eigenvalue weighted by molar-refractivity contribution is 5.76. The van der Waals surface area contributed by atoms with Crippen LogP contribution in [0.25, 0.3) is 11.0 Å². The minimum absolute atomic E-state index is 0.184. The van der Waals surface area contributed by atoms with E-state index >= 15 is 0 Å². The first-order chi connectivity index (χ1) is 11.2. The van der Waals surface area contributed by atoms with E-state index in [4.69, 9.17) is 4.98 Å². The van der Waals surface area contributed by atoms with E-state index in [0.29, 0.717) is 0 Å². The molecular formula is C19H18FN3. The molecular weight excluding hydrogens is 289 g/mol. The third kappa shape index (κ3) is 2.94. The molecule has 0 spiro atoms. The summed E-state index contributed by atoms with van der Waals surface area (Å²) in [5.74, 6) is -0.184. The van der Waals surface area contributed by atoms with Crippen LogP contribution in [0.1, 0.15) is 22.5 Å². The molecule has 0 radical (unpaired) electrons. The molecule has 116 valence electrons. The summed E-state index contributed by atoms with van der Waals surface area (Å²) in [7, 11) is 0. The van der Waals surface area contributed by atoms with Crippen LogP contribution in [0.5, 0.6) is 0 Å². The van der Waals surface area contributed by atoms with Crippen molar-refractivity contribution < 1.29 is 4.39 Å². The van der Waals surface area contributed by atoms with E-state index in [1.54, 1.807) is 0 Å². The molecule has 0 N–H and O–H groups in total. The maximum absolute atomic E-state index is 13.0. The minimum atomic E-state index is -0.184. The number of aromatic nitrogens is 2. The summed E-state index contributed by atoms with van der Waals surface area (Å²) in [5.41, 5.74) is 5.41. The predicted octanol–water partition coefficient (Wildman–Crippen LogP) is 3.64. The summed E-state index contributed by atoms with van der Waals surface area (Å²) in [6.07, 6.45) is 0.933. The zero-order chi connectivity index (χ0) is 15.8. The van der Waals surface area contributed by atoms with Crippen molar-refractivity contribution in [3.63, 3.8) is 0 Å². The lowest BCUT2D eigenvalue weighted by Gasteiger charge is -2.28. The van der Waals surface area contributed by atoms with Crippen LogP contribution >= 0.6 is 0 Å². The van der Waals surface area contributed by atoms with Gasteiger partial charge >= 0.3 is 0 Å². The molecule has 0 unspecified atom stereocenters. The Bertz CT molecular complexity index is 858. The summed E-state index contributed by atoms with van der Waals surface area (Å²) in [6.45, 7) is 4.67. The number of rotatable bonds is 2. The fraction of sp³-hybridized carbons (Fsp3) is 0.263. The van der Waals surface area contributed by atoms with Crippen LogP contribution in [0.4, 0.5) is 4.39 Å². The quantitative estimate of drug-likeness (QED) is 0.724. The van der Waals surface area contributed by atoms with Gasteiger partial charge in [-0.3, -0.25) is 4.90 Å². The Morgan fingerprint density at radius 3 is 2.74 bits per heavy atom. The fourth-order valence-electron chi connectivity index (χ4n) is 3.15. The topological polar surface area (TPSA) is 29.0 Å².